The second-order valence-electron chi connectivity index (χ2n) is 6.88. The molecule has 6 heteroatoms. The molecule has 2 saturated heterocycles. The van der Waals surface area contributed by atoms with Crippen LogP contribution in [0.15, 0.2) is 48.5 Å². The summed E-state index contributed by atoms with van der Waals surface area (Å²) in [4.78, 5) is 0. The molecule has 2 aliphatic heterocycles. The first-order chi connectivity index (χ1) is 13.8. The van der Waals surface area contributed by atoms with Crippen LogP contribution in [-0.4, -0.2) is 39.6 Å². The van der Waals surface area contributed by atoms with E-state index in [1.165, 1.54) is 0 Å². The van der Waals surface area contributed by atoms with Crippen molar-refractivity contribution < 1.29 is 28.4 Å². The summed E-state index contributed by atoms with van der Waals surface area (Å²) in [6, 6.07) is 15.5. The highest BCUT2D eigenvalue weighted by atomic mass is 16.7. The molecule has 6 nitrogen and oxygen atoms in total. The van der Waals surface area contributed by atoms with Crippen LogP contribution >= 0.6 is 0 Å². The van der Waals surface area contributed by atoms with Crippen LogP contribution in [0.4, 0.5) is 0 Å². The summed E-state index contributed by atoms with van der Waals surface area (Å²) >= 11 is 0. The summed E-state index contributed by atoms with van der Waals surface area (Å²) in [5.41, 5.74) is 1.95. The van der Waals surface area contributed by atoms with Crippen molar-refractivity contribution in [3.63, 3.8) is 0 Å². The van der Waals surface area contributed by atoms with Gasteiger partial charge in [-0.25, -0.2) is 0 Å². The van der Waals surface area contributed by atoms with Crippen molar-refractivity contribution >= 4 is 0 Å². The lowest BCUT2D eigenvalue weighted by Gasteiger charge is -2.39. The molecular weight excluding hydrogens is 360 g/mol. The Balaban J connectivity index is 1.40. The van der Waals surface area contributed by atoms with E-state index in [0.29, 0.717) is 13.2 Å². The Labute approximate surface area is 165 Å². The van der Waals surface area contributed by atoms with Gasteiger partial charge >= 0.3 is 0 Å². The number of hydrogen-bond donors (Lipinski definition) is 0. The molecule has 2 fully saturated rings. The van der Waals surface area contributed by atoms with Crippen molar-refractivity contribution in [3.8, 4) is 11.5 Å². The van der Waals surface area contributed by atoms with Crippen LogP contribution in [-0.2, 0) is 18.9 Å². The molecule has 0 aromatic heterocycles. The minimum Gasteiger partial charge on any atom is -0.497 e. The summed E-state index contributed by atoms with van der Waals surface area (Å²) in [5.74, 6) is 1.62. The lowest BCUT2D eigenvalue weighted by Crippen LogP contribution is -2.41. The molecule has 0 unspecified atom stereocenters. The standard InChI is InChI=1S/C22H26O6/c1-23-17-7-3-15(4-8-17)21-25-13-11-19(27-21)20-12-14-26-22(28-20)16-5-9-18(24-2)10-6-16/h3-10,19-22H,11-14H2,1-2H3/t19-,20-,21-,22-/m1/s1. The Kier molecular flexibility index (Phi) is 6.12. The molecule has 0 saturated carbocycles. The van der Waals surface area contributed by atoms with E-state index in [0.717, 1.165) is 35.5 Å². The fraction of sp³-hybridized carbons (Fsp3) is 0.455. The van der Waals surface area contributed by atoms with E-state index in [4.69, 9.17) is 28.4 Å². The lowest BCUT2D eigenvalue weighted by atomic mass is 10.0. The monoisotopic (exact) mass is 386 g/mol. The highest BCUT2D eigenvalue weighted by Gasteiger charge is 2.35. The number of benzene rings is 2. The lowest BCUT2D eigenvalue weighted by molar-refractivity contribution is -0.288. The molecule has 2 aromatic carbocycles. The summed E-state index contributed by atoms with van der Waals surface area (Å²) in [6.07, 6.45) is 0.737. The average molecular weight is 386 g/mol. The van der Waals surface area contributed by atoms with E-state index in [2.05, 4.69) is 0 Å². The third-order valence-corrected chi connectivity index (χ3v) is 5.13. The minimum absolute atomic E-state index is 0.0366. The van der Waals surface area contributed by atoms with Gasteiger partial charge in [0, 0.05) is 11.1 Å². The van der Waals surface area contributed by atoms with Crippen molar-refractivity contribution in [1.29, 1.82) is 0 Å². The molecule has 2 heterocycles. The van der Waals surface area contributed by atoms with E-state index < -0.39 is 12.6 Å². The maximum Gasteiger partial charge on any atom is 0.184 e. The van der Waals surface area contributed by atoms with Crippen LogP contribution < -0.4 is 9.47 Å². The molecule has 28 heavy (non-hydrogen) atoms. The smallest absolute Gasteiger partial charge is 0.184 e. The van der Waals surface area contributed by atoms with Crippen molar-refractivity contribution in [2.45, 2.75) is 37.6 Å². The number of hydrogen-bond acceptors (Lipinski definition) is 6. The third kappa shape index (κ3) is 4.31. The average Bonchev–Trinajstić information content (AvgIpc) is 2.79. The molecule has 0 amide bonds. The molecule has 0 aliphatic carbocycles. The van der Waals surface area contributed by atoms with Crippen molar-refractivity contribution in [3.05, 3.63) is 59.7 Å². The fourth-order valence-corrected chi connectivity index (χ4v) is 3.53. The SMILES string of the molecule is COc1ccc([C@@H]2OCC[C@H]([C@H]3CCO[C@@H](c4ccc(OC)cc4)O3)O2)cc1. The first kappa shape index (κ1) is 19.2. The zero-order valence-electron chi connectivity index (χ0n) is 16.2. The fourth-order valence-electron chi connectivity index (χ4n) is 3.53. The van der Waals surface area contributed by atoms with Crippen molar-refractivity contribution in [1.82, 2.24) is 0 Å². The second-order valence-corrected chi connectivity index (χ2v) is 6.88. The maximum absolute atomic E-state index is 6.24. The van der Waals surface area contributed by atoms with Crippen LogP contribution in [0.25, 0.3) is 0 Å². The third-order valence-electron chi connectivity index (χ3n) is 5.13. The molecule has 0 N–H and O–H groups in total. The van der Waals surface area contributed by atoms with Gasteiger partial charge in [0.25, 0.3) is 0 Å². The molecule has 0 radical (unpaired) electrons. The molecule has 4 atom stereocenters. The van der Waals surface area contributed by atoms with E-state index in [-0.39, 0.29) is 12.2 Å². The molecule has 150 valence electrons. The van der Waals surface area contributed by atoms with Gasteiger partial charge in [0.2, 0.25) is 0 Å². The maximum atomic E-state index is 6.24. The topological polar surface area (TPSA) is 55.4 Å². The van der Waals surface area contributed by atoms with Gasteiger partial charge in [-0.05, 0) is 37.1 Å². The van der Waals surface area contributed by atoms with E-state index in [9.17, 15) is 0 Å². The van der Waals surface area contributed by atoms with Gasteiger partial charge in [-0.2, -0.15) is 0 Å². The van der Waals surface area contributed by atoms with Crippen LogP contribution in [0.3, 0.4) is 0 Å². The van der Waals surface area contributed by atoms with Gasteiger partial charge in [0.15, 0.2) is 12.6 Å². The Bertz CT molecular complexity index is 679. The van der Waals surface area contributed by atoms with Crippen LogP contribution in [0.5, 0.6) is 11.5 Å². The second kappa shape index (κ2) is 8.92. The minimum atomic E-state index is -0.393. The van der Waals surface area contributed by atoms with Gasteiger partial charge in [-0.3, -0.25) is 0 Å². The quantitative estimate of drug-likeness (QED) is 0.774. The normalized spacial score (nSPS) is 27.9. The highest BCUT2D eigenvalue weighted by Crippen LogP contribution is 2.35. The van der Waals surface area contributed by atoms with Gasteiger partial charge in [0.05, 0.1) is 39.6 Å². The van der Waals surface area contributed by atoms with Crippen LogP contribution in [0.2, 0.25) is 0 Å². The number of ether oxygens (including phenoxy) is 6. The molecule has 0 bridgehead atoms. The van der Waals surface area contributed by atoms with E-state index in [1.807, 2.05) is 48.5 Å². The molecule has 2 aromatic rings. The molecular formula is C22H26O6. The van der Waals surface area contributed by atoms with Gasteiger partial charge in [-0.15, -0.1) is 0 Å². The Morgan fingerprint density at radius 2 is 1.04 bits per heavy atom. The highest BCUT2D eigenvalue weighted by molar-refractivity contribution is 5.29. The number of methoxy groups -OCH3 is 2. The van der Waals surface area contributed by atoms with E-state index >= 15 is 0 Å². The van der Waals surface area contributed by atoms with Crippen molar-refractivity contribution in [2.24, 2.45) is 0 Å². The summed E-state index contributed by atoms with van der Waals surface area (Å²) in [7, 11) is 3.31. The molecule has 4 rings (SSSR count). The van der Waals surface area contributed by atoms with Gasteiger partial charge in [0.1, 0.15) is 11.5 Å². The van der Waals surface area contributed by atoms with Crippen LogP contribution in [0, 0.1) is 0 Å². The van der Waals surface area contributed by atoms with Gasteiger partial charge in [-0.1, -0.05) is 24.3 Å². The van der Waals surface area contributed by atoms with Crippen molar-refractivity contribution in [2.75, 3.05) is 27.4 Å². The number of rotatable bonds is 5. The largest absolute Gasteiger partial charge is 0.497 e. The first-order valence-electron chi connectivity index (χ1n) is 9.59. The zero-order chi connectivity index (χ0) is 19.3. The zero-order valence-corrected chi connectivity index (χ0v) is 16.2. The predicted octanol–water partition coefficient (Wildman–Crippen LogP) is 4.01. The molecule has 0 spiro atoms. The summed E-state index contributed by atoms with van der Waals surface area (Å²) < 4.78 is 34.6. The first-order valence-corrected chi connectivity index (χ1v) is 9.59. The Morgan fingerprint density at radius 1 is 0.643 bits per heavy atom. The summed E-state index contributed by atoms with van der Waals surface area (Å²) in [5, 5.41) is 0. The Morgan fingerprint density at radius 3 is 1.39 bits per heavy atom. The van der Waals surface area contributed by atoms with E-state index in [1.54, 1.807) is 14.2 Å². The molecule has 2 aliphatic rings. The van der Waals surface area contributed by atoms with Crippen LogP contribution in [0.1, 0.15) is 36.5 Å². The predicted molar refractivity (Wildman–Crippen MR) is 102 cm³/mol. The Hall–Kier alpha value is -2.12. The summed E-state index contributed by atoms with van der Waals surface area (Å²) in [6.45, 7) is 1.27. The van der Waals surface area contributed by atoms with Gasteiger partial charge < -0.3 is 28.4 Å².